The van der Waals surface area contributed by atoms with Crippen LogP contribution in [0.2, 0.25) is 0 Å². The third kappa shape index (κ3) is 3.86. The fraction of sp³-hybridized carbons (Fsp3) is 0.417. The van der Waals surface area contributed by atoms with Gasteiger partial charge in [-0.3, -0.25) is 14.9 Å². The second-order valence-corrected chi connectivity index (χ2v) is 4.42. The first kappa shape index (κ1) is 13.2. The van der Waals surface area contributed by atoms with E-state index in [0.717, 1.165) is 0 Å². The van der Waals surface area contributed by atoms with Crippen LogP contribution >= 0.6 is 0 Å². The van der Waals surface area contributed by atoms with Crippen LogP contribution in [-0.2, 0) is 16.0 Å². The Morgan fingerprint density at radius 1 is 1.41 bits per heavy atom. The van der Waals surface area contributed by atoms with Gasteiger partial charge >= 0.3 is 5.97 Å². The Hall–Kier alpha value is -1.91. The van der Waals surface area contributed by atoms with E-state index in [9.17, 15) is 14.9 Å². The number of para-hydroxylation sites is 1. The molecule has 0 bridgehead atoms. The standard InChI is InChI=1S/C12H15NO4/c1-9(14)17-12(2,3)8-10-6-4-5-7-11(10)13(15)16/h4-7H,8H2,1-3H3. The van der Waals surface area contributed by atoms with Crippen LogP contribution in [0.5, 0.6) is 0 Å². The van der Waals surface area contributed by atoms with Gasteiger partial charge in [-0.15, -0.1) is 0 Å². The third-order valence-electron chi connectivity index (χ3n) is 2.22. The Morgan fingerprint density at radius 3 is 2.53 bits per heavy atom. The van der Waals surface area contributed by atoms with Gasteiger partial charge in [0.25, 0.3) is 5.69 Å². The number of rotatable bonds is 4. The summed E-state index contributed by atoms with van der Waals surface area (Å²) < 4.78 is 5.11. The summed E-state index contributed by atoms with van der Waals surface area (Å²) in [6.07, 6.45) is 0.309. The molecule has 0 spiro atoms. The molecule has 1 aromatic rings. The average Bonchev–Trinajstić information content (AvgIpc) is 2.14. The molecule has 1 aromatic carbocycles. The molecule has 0 fully saturated rings. The summed E-state index contributed by atoms with van der Waals surface area (Å²) in [6.45, 7) is 4.78. The Balaban J connectivity index is 2.95. The molecule has 0 saturated heterocycles. The fourth-order valence-electron chi connectivity index (χ4n) is 1.72. The van der Waals surface area contributed by atoms with Crippen LogP contribution in [0.3, 0.4) is 0 Å². The highest BCUT2D eigenvalue weighted by Gasteiger charge is 2.25. The molecular weight excluding hydrogens is 222 g/mol. The fourth-order valence-corrected chi connectivity index (χ4v) is 1.72. The van der Waals surface area contributed by atoms with Gasteiger partial charge in [-0.25, -0.2) is 0 Å². The van der Waals surface area contributed by atoms with Crippen molar-refractivity contribution in [2.45, 2.75) is 32.8 Å². The van der Waals surface area contributed by atoms with Crippen LogP contribution in [-0.4, -0.2) is 16.5 Å². The van der Waals surface area contributed by atoms with Crippen LogP contribution in [0.4, 0.5) is 5.69 Å². The summed E-state index contributed by atoms with van der Waals surface area (Å²) in [5.74, 6) is -0.395. The van der Waals surface area contributed by atoms with Gasteiger partial charge in [-0.1, -0.05) is 18.2 Å². The van der Waals surface area contributed by atoms with Crippen molar-refractivity contribution in [3.05, 3.63) is 39.9 Å². The number of carbonyl (C=O) groups is 1. The zero-order valence-electron chi connectivity index (χ0n) is 10.1. The predicted molar refractivity (Wildman–Crippen MR) is 62.6 cm³/mol. The van der Waals surface area contributed by atoms with E-state index in [1.165, 1.54) is 13.0 Å². The number of nitrogens with zero attached hydrogens (tertiary/aromatic N) is 1. The van der Waals surface area contributed by atoms with E-state index in [-0.39, 0.29) is 5.69 Å². The number of benzene rings is 1. The number of carbonyl (C=O) groups excluding carboxylic acids is 1. The molecule has 0 amide bonds. The molecule has 5 heteroatoms. The summed E-state index contributed by atoms with van der Waals surface area (Å²) >= 11 is 0. The minimum absolute atomic E-state index is 0.0488. The molecule has 0 atom stereocenters. The molecule has 5 nitrogen and oxygen atoms in total. The summed E-state index contributed by atoms with van der Waals surface area (Å²) in [5, 5.41) is 10.8. The first-order valence-corrected chi connectivity index (χ1v) is 5.24. The van der Waals surface area contributed by atoms with Gasteiger partial charge in [0, 0.05) is 25.0 Å². The summed E-state index contributed by atoms with van der Waals surface area (Å²) in [5.41, 5.74) is -0.144. The highest BCUT2D eigenvalue weighted by atomic mass is 16.6. The topological polar surface area (TPSA) is 69.4 Å². The van der Waals surface area contributed by atoms with Crippen LogP contribution in [0, 0.1) is 10.1 Å². The molecule has 0 heterocycles. The van der Waals surface area contributed by atoms with Crippen molar-refractivity contribution in [2.24, 2.45) is 0 Å². The van der Waals surface area contributed by atoms with Crippen LogP contribution in [0.1, 0.15) is 26.3 Å². The van der Waals surface area contributed by atoms with E-state index in [4.69, 9.17) is 4.74 Å². The summed E-state index contributed by atoms with van der Waals surface area (Å²) in [7, 11) is 0. The molecule has 0 aliphatic carbocycles. The van der Waals surface area contributed by atoms with E-state index < -0.39 is 16.5 Å². The quantitative estimate of drug-likeness (QED) is 0.458. The number of ether oxygens (including phenoxy) is 1. The normalized spacial score (nSPS) is 11.0. The summed E-state index contributed by atoms with van der Waals surface area (Å²) in [6, 6.07) is 6.45. The lowest BCUT2D eigenvalue weighted by atomic mass is 9.97. The first-order chi connectivity index (χ1) is 7.82. The monoisotopic (exact) mass is 237 g/mol. The highest BCUT2D eigenvalue weighted by molar-refractivity contribution is 5.66. The number of esters is 1. The minimum atomic E-state index is -0.752. The molecule has 0 aliphatic rings. The Morgan fingerprint density at radius 2 is 2.00 bits per heavy atom. The molecular formula is C12H15NO4. The van der Waals surface area contributed by atoms with Crippen molar-refractivity contribution in [1.82, 2.24) is 0 Å². The lowest BCUT2D eigenvalue weighted by Crippen LogP contribution is -2.29. The number of nitro benzene ring substituents is 1. The van der Waals surface area contributed by atoms with Crippen LogP contribution < -0.4 is 0 Å². The molecule has 0 N–H and O–H groups in total. The predicted octanol–water partition coefficient (Wildman–Crippen LogP) is 2.48. The maximum atomic E-state index is 10.9. The van der Waals surface area contributed by atoms with Crippen molar-refractivity contribution >= 4 is 11.7 Å². The Bertz CT molecular complexity index is 440. The number of hydrogen-bond acceptors (Lipinski definition) is 4. The van der Waals surface area contributed by atoms with Gasteiger partial charge in [-0.2, -0.15) is 0 Å². The van der Waals surface area contributed by atoms with E-state index >= 15 is 0 Å². The highest BCUT2D eigenvalue weighted by Crippen LogP contribution is 2.24. The number of nitro groups is 1. The van der Waals surface area contributed by atoms with E-state index in [1.807, 2.05) is 0 Å². The maximum absolute atomic E-state index is 10.9. The second kappa shape index (κ2) is 4.95. The summed E-state index contributed by atoms with van der Waals surface area (Å²) in [4.78, 5) is 21.3. The molecule has 0 unspecified atom stereocenters. The molecule has 92 valence electrons. The molecule has 0 aliphatic heterocycles. The van der Waals surface area contributed by atoms with Crippen molar-refractivity contribution in [1.29, 1.82) is 0 Å². The molecule has 0 saturated carbocycles. The van der Waals surface area contributed by atoms with Gasteiger partial charge < -0.3 is 4.74 Å². The Labute approximate surface area is 99.5 Å². The minimum Gasteiger partial charge on any atom is -0.459 e. The lowest BCUT2D eigenvalue weighted by Gasteiger charge is -2.24. The lowest BCUT2D eigenvalue weighted by molar-refractivity contribution is -0.385. The second-order valence-electron chi connectivity index (χ2n) is 4.42. The zero-order valence-corrected chi connectivity index (χ0v) is 10.1. The maximum Gasteiger partial charge on any atom is 0.303 e. The molecule has 0 radical (unpaired) electrons. The van der Waals surface area contributed by atoms with Crippen molar-refractivity contribution < 1.29 is 14.5 Å². The first-order valence-electron chi connectivity index (χ1n) is 5.24. The van der Waals surface area contributed by atoms with Crippen molar-refractivity contribution in [3.63, 3.8) is 0 Å². The smallest absolute Gasteiger partial charge is 0.303 e. The zero-order chi connectivity index (χ0) is 13.1. The van der Waals surface area contributed by atoms with Crippen molar-refractivity contribution in [2.75, 3.05) is 0 Å². The largest absolute Gasteiger partial charge is 0.459 e. The van der Waals surface area contributed by atoms with Gasteiger partial charge in [0.1, 0.15) is 5.60 Å². The van der Waals surface area contributed by atoms with Crippen LogP contribution in [0.15, 0.2) is 24.3 Å². The third-order valence-corrected chi connectivity index (χ3v) is 2.22. The van der Waals surface area contributed by atoms with Gasteiger partial charge in [0.2, 0.25) is 0 Å². The van der Waals surface area contributed by atoms with E-state index in [0.29, 0.717) is 12.0 Å². The molecule has 0 aromatic heterocycles. The SMILES string of the molecule is CC(=O)OC(C)(C)Cc1ccccc1[N+](=O)[O-]. The van der Waals surface area contributed by atoms with Crippen molar-refractivity contribution in [3.8, 4) is 0 Å². The van der Waals surface area contributed by atoms with Gasteiger partial charge in [0.15, 0.2) is 0 Å². The van der Waals surface area contributed by atoms with E-state index in [1.54, 1.807) is 32.0 Å². The average molecular weight is 237 g/mol. The molecule has 1 rings (SSSR count). The van der Waals surface area contributed by atoms with E-state index in [2.05, 4.69) is 0 Å². The Kier molecular flexibility index (Phi) is 3.83. The van der Waals surface area contributed by atoms with Gasteiger partial charge in [0.05, 0.1) is 4.92 Å². The van der Waals surface area contributed by atoms with Gasteiger partial charge in [-0.05, 0) is 13.8 Å². The number of hydrogen-bond donors (Lipinski definition) is 0. The van der Waals surface area contributed by atoms with Crippen LogP contribution in [0.25, 0.3) is 0 Å². The molecule has 17 heavy (non-hydrogen) atoms.